The van der Waals surface area contributed by atoms with Crippen LogP contribution in [0.2, 0.25) is 36.3 Å². The first-order valence-corrected chi connectivity index (χ1v) is 21.0. The molecule has 0 aliphatic heterocycles. The summed E-state index contributed by atoms with van der Waals surface area (Å²) in [7, 11) is -3.72. The standard InChI is InChI=1S/C32H60O3Si2/c1-23(33)28-17-18-29-25(14-13-19-32(28,29)8)16-15-24-20-26(34-36(9,10)30(2,3)4)22-27(21-24)35-37(11,12)31(5,6)7/h15-16,23,26-29,33H,13-14,17-22H2,1-12H3/b25-16+/t23-,26+,27+,28+,29-,32+/m0/s1. The highest BCUT2D eigenvalue weighted by atomic mass is 28.4. The number of hydrogen-bond donors (Lipinski definition) is 1. The zero-order chi connectivity index (χ0) is 28.0. The van der Waals surface area contributed by atoms with Crippen molar-refractivity contribution >= 4 is 16.6 Å². The Kier molecular flexibility index (Phi) is 9.30. The minimum atomic E-state index is -1.86. The van der Waals surface area contributed by atoms with Crippen molar-refractivity contribution in [3.05, 3.63) is 23.3 Å². The Bertz CT molecular complexity index is 820. The van der Waals surface area contributed by atoms with Gasteiger partial charge in [-0.1, -0.05) is 71.8 Å². The Morgan fingerprint density at radius 1 is 0.892 bits per heavy atom. The first kappa shape index (κ1) is 31.3. The van der Waals surface area contributed by atoms with Crippen LogP contribution in [0.15, 0.2) is 23.3 Å². The third-order valence-corrected chi connectivity index (χ3v) is 20.3. The van der Waals surface area contributed by atoms with E-state index in [1.807, 2.05) is 6.92 Å². The summed E-state index contributed by atoms with van der Waals surface area (Å²) in [4.78, 5) is 0. The van der Waals surface area contributed by atoms with Gasteiger partial charge in [-0.3, -0.25) is 0 Å². The summed E-state index contributed by atoms with van der Waals surface area (Å²) in [5, 5.41) is 10.9. The minimum Gasteiger partial charge on any atom is -0.414 e. The number of rotatable bonds is 6. The summed E-state index contributed by atoms with van der Waals surface area (Å²) in [5.74, 6) is 1.06. The lowest BCUT2D eigenvalue weighted by Gasteiger charge is -2.45. The molecule has 3 aliphatic carbocycles. The maximum absolute atomic E-state index is 10.5. The van der Waals surface area contributed by atoms with E-state index in [-0.39, 0.29) is 33.8 Å². The van der Waals surface area contributed by atoms with Crippen molar-refractivity contribution in [1.29, 1.82) is 0 Å². The normalized spacial score (nSPS) is 34.0. The number of hydrogen-bond acceptors (Lipinski definition) is 3. The molecule has 0 unspecified atom stereocenters. The minimum absolute atomic E-state index is 0.201. The van der Waals surface area contributed by atoms with E-state index in [0.29, 0.717) is 11.8 Å². The van der Waals surface area contributed by atoms with Crippen LogP contribution in [0.3, 0.4) is 0 Å². The first-order chi connectivity index (χ1) is 16.8. The smallest absolute Gasteiger partial charge is 0.192 e. The Hall–Kier alpha value is -0.206. The molecule has 0 spiro atoms. The van der Waals surface area contributed by atoms with Crippen LogP contribution in [0.4, 0.5) is 0 Å². The molecule has 3 rings (SSSR count). The highest BCUT2D eigenvalue weighted by Gasteiger charge is 2.50. The van der Waals surface area contributed by atoms with Crippen molar-refractivity contribution in [2.24, 2.45) is 17.3 Å². The average Bonchev–Trinajstić information content (AvgIpc) is 3.07. The summed E-state index contributed by atoms with van der Waals surface area (Å²) in [6.07, 6.45) is 14.4. The third-order valence-electron chi connectivity index (χ3n) is 11.2. The Labute approximate surface area is 232 Å². The van der Waals surface area contributed by atoms with E-state index in [2.05, 4.69) is 86.8 Å². The predicted octanol–water partition coefficient (Wildman–Crippen LogP) is 9.40. The molecule has 0 aromatic carbocycles. The van der Waals surface area contributed by atoms with Crippen molar-refractivity contribution in [2.75, 3.05) is 0 Å². The van der Waals surface area contributed by atoms with Gasteiger partial charge in [0.15, 0.2) is 16.6 Å². The Balaban J connectivity index is 1.86. The molecule has 3 nitrogen and oxygen atoms in total. The van der Waals surface area contributed by atoms with E-state index >= 15 is 0 Å². The lowest BCUT2D eigenvalue weighted by Crippen LogP contribution is -2.48. The maximum Gasteiger partial charge on any atom is 0.192 e. The summed E-state index contributed by atoms with van der Waals surface area (Å²) in [6.45, 7) is 28.1. The number of aliphatic hydroxyl groups excluding tert-OH is 1. The molecular formula is C32H60O3Si2. The molecule has 0 radical (unpaired) electrons. The summed E-state index contributed by atoms with van der Waals surface area (Å²) in [5.41, 5.74) is 3.38. The fourth-order valence-corrected chi connectivity index (χ4v) is 9.66. The van der Waals surface area contributed by atoms with Crippen LogP contribution in [0.1, 0.15) is 107 Å². The van der Waals surface area contributed by atoms with Crippen LogP contribution in [-0.4, -0.2) is 40.1 Å². The largest absolute Gasteiger partial charge is 0.414 e. The van der Waals surface area contributed by atoms with Gasteiger partial charge >= 0.3 is 0 Å². The van der Waals surface area contributed by atoms with Gasteiger partial charge in [0.2, 0.25) is 0 Å². The zero-order valence-electron chi connectivity index (χ0n) is 26.5. The number of aliphatic hydroxyl groups is 1. The van der Waals surface area contributed by atoms with Crippen LogP contribution in [0, 0.1) is 17.3 Å². The van der Waals surface area contributed by atoms with Gasteiger partial charge < -0.3 is 14.0 Å². The van der Waals surface area contributed by atoms with Crippen LogP contribution >= 0.6 is 0 Å². The lowest BCUT2D eigenvalue weighted by atomic mass is 9.62. The van der Waals surface area contributed by atoms with Crippen molar-refractivity contribution < 1.29 is 14.0 Å². The molecule has 6 atom stereocenters. The molecule has 0 saturated heterocycles. The third kappa shape index (κ3) is 6.93. The number of fused-ring (bicyclic) bond motifs is 1. The monoisotopic (exact) mass is 548 g/mol. The van der Waals surface area contributed by atoms with Gasteiger partial charge in [-0.25, -0.2) is 0 Å². The molecule has 3 saturated carbocycles. The highest BCUT2D eigenvalue weighted by Crippen LogP contribution is 2.58. The Morgan fingerprint density at radius 3 is 1.86 bits per heavy atom. The van der Waals surface area contributed by atoms with Gasteiger partial charge in [0.05, 0.1) is 18.3 Å². The van der Waals surface area contributed by atoms with Crippen molar-refractivity contribution in [1.82, 2.24) is 0 Å². The second kappa shape index (κ2) is 11.0. The summed E-state index contributed by atoms with van der Waals surface area (Å²) >= 11 is 0. The molecule has 0 bridgehead atoms. The molecule has 0 heterocycles. The average molecular weight is 549 g/mol. The molecule has 1 N–H and O–H groups in total. The lowest BCUT2D eigenvalue weighted by molar-refractivity contribution is 0.0302. The van der Waals surface area contributed by atoms with Crippen molar-refractivity contribution in [3.8, 4) is 0 Å². The van der Waals surface area contributed by atoms with E-state index < -0.39 is 16.6 Å². The van der Waals surface area contributed by atoms with Crippen LogP contribution < -0.4 is 0 Å². The van der Waals surface area contributed by atoms with Gasteiger partial charge in [0, 0.05) is 0 Å². The van der Waals surface area contributed by atoms with Gasteiger partial charge in [0.25, 0.3) is 0 Å². The molecule has 37 heavy (non-hydrogen) atoms. The van der Waals surface area contributed by atoms with E-state index in [0.717, 1.165) is 25.7 Å². The first-order valence-electron chi connectivity index (χ1n) is 15.2. The molecule has 0 aromatic rings. The van der Waals surface area contributed by atoms with Gasteiger partial charge in [-0.05, 0) is 112 Å². The topological polar surface area (TPSA) is 38.7 Å². The molecule has 214 valence electrons. The summed E-state index contributed by atoms with van der Waals surface area (Å²) in [6, 6.07) is 0. The molecule has 3 aliphatic rings. The van der Waals surface area contributed by atoms with Crippen molar-refractivity contribution in [3.63, 3.8) is 0 Å². The SMILES string of the molecule is C[C@H](O)[C@H]1CC[C@H]2/C(=C/C=C3C[C@@H](O[Si](C)(C)C(C)(C)C)C[C@H](O[Si](C)(C)C(C)(C)C)C3)CCC[C@]12C. The van der Waals surface area contributed by atoms with Gasteiger partial charge in [-0.2, -0.15) is 0 Å². The Morgan fingerprint density at radius 2 is 1.41 bits per heavy atom. The molecule has 0 aromatic heterocycles. The molecule has 0 amide bonds. The molecule has 5 heteroatoms. The quantitative estimate of drug-likeness (QED) is 0.336. The van der Waals surface area contributed by atoms with Gasteiger partial charge in [0.1, 0.15) is 0 Å². The second-order valence-electron chi connectivity index (χ2n) is 16.0. The highest BCUT2D eigenvalue weighted by molar-refractivity contribution is 6.74. The van der Waals surface area contributed by atoms with Crippen LogP contribution in [0.5, 0.6) is 0 Å². The van der Waals surface area contributed by atoms with E-state index in [1.54, 1.807) is 5.57 Å². The van der Waals surface area contributed by atoms with E-state index in [9.17, 15) is 5.11 Å². The fraction of sp³-hybridized carbons (Fsp3) is 0.875. The number of allylic oxidation sites excluding steroid dienone is 3. The van der Waals surface area contributed by atoms with Gasteiger partial charge in [-0.15, -0.1) is 0 Å². The van der Waals surface area contributed by atoms with Crippen LogP contribution in [0.25, 0.3) is 0 Å². The second-order valence-corrected chi connectivity index (χ2v) is 25.6. The fourth-order valence-electron chi connectivity index (χ4n) is 6.93. The van der Waals surface area contributed by atoms with E-state index in [4.69, 9.17) is 8.85 Å². The van der Waals surface area contributed by atoms with Crippen molar-refractivity contribution in [2.45, 2.75) is 161 Å². The van der Waals surface area contributed by atoms with E-state index in [1.165, 1.54) is 31.3 Å². The van der Waals surface area contributed by atoms with Crippen LogP contribution in [-0.2, 0) is 8.85 Å². The molecule has 3 fully saturated rings. The summed E-state index contributed by atoms with van der Waals surface area (Å²) < 4.78 is 14.0. The molecular weight excluding hydrogens is 489 g/mol. The zero-order valence-corrected chi connectivity index (χ0v) is 28.5. The maximum atomic E-state index is 10.5. The predicted molar refractivity (Wildman–Crippen MR) is 164 cm³/mol.